The summed E-state index contributed by atoms with van der Waals surface area (Å²) in [6.45, 7) is 6.68. The van der Waals surface area contributed by atoms with E-state index < -0.39 is 0 Å². The summed E-state index contributed by atoms with van der Waals surface area (Å²) in [6, 6.07) is 8.21. The fourth-order valence-electron chi connectivity index (χ4n) is 2.65. The molecule has 0 bridgehead atoms. The summed E-state index contributed by atoms with van der Waals surface area (Å²) in [7, 11) is 0. The molecule has 1 aromatic rings. The third-order valence-corrected chi connectivity index (χ3v) is 3.62. The molecular formula is C14H21ClN2O. The van der Waals surface area contributed by atoms with Gasteiger partial charge in [0.15, 0.2) is 0 Å². The van der Waals surface area contributed by atoms with Gasteiger partial charge in [0.25, 0.3) is 0 Å². The van der Waals surface area contributed by atoms with Crippen LogP contribution in [0, 0.1) is 0 Å². The highest BCUT2D eigenvalue weighted by atomic mass is 35.5. The van der Waals surface area contributed by atoms with Crippen LogP contribution in [0.3, 0.4) is 0 Å². The maximum atomic E-state index is 5.95. The Hall–Kier alpha value is -0.610. The zero-order chi connectivity index (χ0) is 13.1. The molecule has 0 amide bonds. The summed E-state index contributed by atoms with van der Waals surface area (Å²) in [5.74, 6) is 0. The van der Waals surface area contributed by atoms with E-state index >= 15 is 0 Å². The van der Waals surface area contributed by atoms with Gasteiger partial charge in [0.05, 0.1) is 12.2 Å². The van der Waals surface area contributed by atoms with E-state index in [1.165, 1.54) is 5.56 Å². The molecule has 0 aliphatic carbocycles. The number of hydrogen-bond acceptors (Lipinski definition) is 3. The first-order chi connectivity index (χ1) is 8.60. The molecular weight excluding hydrogens is 248 g/mol. The quantitative estimate of drug-likeness (QED) is 0.915. The molecule has 100 valence electrons. The van der Waals surface area contributed by atoms with Crippen molar-refractivity contribution in [2.45, 2.75) is 32.1 Å². The normalized spacial score (nSPS) is 27.1. The largest absolute Gasteiger partial charge is 0.373 e. The minimum absolute atomic E-state index is 0.246. The highest BCUT2D eigenvalue weighted by Gasteiger charge is 2.27. The van der Waals surface area contributed by atoms with E-state index in [9.17, 15) is 0 Å². The minimum Gasteiger partial charge on any atom is -0.373 e. The number of rotatable bonds is 3. The maximum absolute atomic E-state index is 5.95. The molecule has 4 heteroatoms. The molecule has 0 saturated carbocycles. The molecule has 0 aromatic heterocycles. The standard InChI is InChI=1S/C14H21ClN2O/c1-10-8-17(9-11(2)18-10)14(7-16)12-3-5-13(15)6-4-12/h3-6,10-11,14H,7-9,16H2,1-2H3/t10-,11+,14-/m0/s1. The van der Waals surface area contributed by atoms with Gasteiger partial charge in [-0.1, -0.05) is 23.7 Å². The summed E-state index contributed by atoms with van der Waals surface area (Å²) in [4.78, 5) is 2.40. The average Bonchev–Trinajstić information content (AvgIpc) is 2.31. The lowest BCUT2D eigenvalue weighted by molar-refractivity contribution is -0.0799. The van der Waals surface area contributed by atoms with E-state index in [2.05, 4.69) is 30.9 Å². The van der Waals surface area contributed by atoms with Gasteiger partial charge in [-0.15, -0.1) is 0 Å². The first-order valence-corrected chi connectivity index (χ1v) is 6.83. The Balaban J connectivity index is 2.14. The highest BCUT2D eigenvalue weighted by molar-refractivity contribution is 6.30. The first-order valence-electron chi connectivity index (χ1n) is 6.45. The Kier molecular flexibility index (Phi) is 4.62. The predicted octanol–water partition coefficient (Wildman–Crippen LogP) is 2.45. The van der Waals surface area contributed by atoms with E-state index in [4.69, 9.17) is 22.1 Å². The van der Waals surface area contributed by atoms with Crippen LogP contribution >= 0.6 is 11.6 Å². The highest BCUT2D eigenvalue weighted by Crippen LogP contribution is 2.25. The third kappa shape index (κ3) is 3.23. The van der Waals surface area contributed by atoms with Gasteiger partial charge in [-0.25, -0.2) is 0 Å². The summed E-state index contributed by atoms with van der Waals surface area (Å²) in [5, 5.41) is 0.762. The summed E-state index contributed by atoms with van der Waals surface area (Å²) in [5.41, 5.74) is 7.17. The van der Waals surface area contributed by atoms with E-state index in [1.807, 2.05) is 12.1 Å². The number of nitrogens with zero attached hydrogens (tertiary/aromatic N) is 1. The van der Waals surface area contributed by atoms with Crippen LogP contribution in [-0.2, 0) is 4.74 Å². The molecule has 2 N–H and O–H groups in total. The fraction of sp³-hybridized carbons (Fsp3) is 0.571. The van der Waals surface area contributed by atoms with Crippen molar-refractivity contribution in [2.24, 2.45) is 5.73 Å². The molecule has 1 saturated heterocycles. The third-order valence-electron chi connectivity index (χ3n) is 3.37. The van der Waals surface area contributed by atoms with Crippen LogP contribution in [0.2, 0.25) is 5.02 Å². The van der Waals surface area contributed by atoms with Crippen molar-refractivity contribution in [1.82, 2.24) is 4.90 Å². The molecule has 3 nitrogen and oxygen atoms in total. The number of hydrogen-bond donors (Lipinski definition) is 1. The number of morpholine rings is 1. The second kappa shape index (κ2) is 6.02. The van der Waals surface area contributed by atoms with E-state index in [0.717, 1.165) is 18.1 Å². The van der Waals surface area contributed by atoms with Gasteiger partial charge in [0.1, 0.15) is 0 Å². The number of halogens is 1. The molecule has 1 heterocycles. The molecule has 1 aliphatic rings. The average molecular weight is 269 g/mol. The monoisotopic (exact) mass is 268 g/mol. The Morgan fingerprint density at radius 1 is 1.28 bits per heavy atom. The molecule has 1 fully saturated rings. The van der Waals surface area contributed by atoms with Crippen molar-refractivity contribution < 1.29 is 4.74 Å². The van der Waals surface area contributed by atoms with Crippen molar-refractivity contribution in [3.05, 3.63) is 34.9 Å². The summed E-state index contributed by atoms with van der Waals surface area (Å²) in [6.07, 6.45) is 0.519. The number of benzene rings is 1. The molecule has 0 radical (unpaired) electrons. The lowest BCUT2D eigenvalue weighted by Crippen LogP contribution is -2.48. The van der Waals surface area contributed by atoms with Gasteiger partial charge >= 0.3 is 0 Å². The Morgan fingerprint density at radius 3 is 2.33 bits per heavy atom. The van der Waals surface area contributed by atoms with Crippen molar-refractivity contribution >= 4 is 11.6 Å². The van der Waals surface area contributed by atoms with Crippen molar-refractivity contribution in [3.8, 4) is 0 Å². The van der Waals surface area contributed by atoms with E-state index in [-0.39, 0.29) is 18.2 Å². The van der Waals surface area contributed by atoms with Crippen molar-refractivity contribution in [3.63, 3.8) is 0 Å². The zero-order valence-corrected chi connectivity index (χ0v) is 11.7. The smallest absolute Gasteiger partial charge is 0.0678 e. The van der Waals surface area contributed by atoms with Crippen LogP contribution in [-0.4, -0.2) is 36.7 Å². The summed E-state index contributed by atoms with van der Waals surface area (Å²) < 4.78 is 5.76. The fourth-order valence-corrected chi connectivity index (χ4v) is 2.78. The van der Waals surface area contributed by atoms with Crippen LogP contribution in [0.1, 0.15) is 25.5 Å². The van der Waals surface area contributed by atoms with Gasteiger partial charge in [-0.2, -0.15) is 0 Å². The Labute approximate surface area is 114 Å². The number of ether oxygens (including phenoxy) is 1. The Morgan fingerprint density at radius 2 is 1.83 bits per heavy atom. The second-order valence-electron chi connectivity index (χ2n) is 5.01. The van der Waals surface area contributed by atoms with Gasteiger partial charge in [-0.05, 0) is 31.5 Å². The summed E-state index contributed by atoms with van der Waals surface area (Å²) >= 11 is 5.93. The minimum atomic E-state index is 0.246. The van der Waals surface area contributed by atoms with Crippen molar-refractivity contribution in [2.75, 3.05) is 19.6 Å². The molecule has 0 unspecified atom stereocenters. The molecule has 1 aliphatic heterocycles. The molecule has 2 rings (SSSR count). The molecule has 18 heavy (non-hydrogen) atoms. The van der Waals surface area contributed by atoms with Crippen LogP contribution in [0.5, 0.6) is 0 Å². The second-order valence-corrected chi connectivity index (χ2v) is 5.45. The molecule has 3 atom stereocenters. The lowest BCUT2D eigenvalue weighted by Gasteiger charge is -2.40. The zero-order valence-electron chi connectivity index (χ0n) is 11.0. The van der Waals surface area contributed by atoms with Crippen LogP contribution < -0.4 is 5.73 Å². The van der Waals surface area contributed by atoms with Gasteiger partial charge < -0.3 is 10.5 Å². The molecule has 1 aromatic carbocycles. The van der Waals surface area contributed by atoms with Gasteiger partial charge in [0, 0.05) is 30.7 Å². The van der Waals surface area contributed by atoms with E-state index in [1.54, 1.807) is 0 Å². The molecule has 0 spiro atoms. The SMILES string of the molecule is C[C@@H]1CN([C@@H](CN)c2ccc(Cl)cc2)C[C@H](C)O1. The maximum Gasteiger partial charge on any atom is 0.0678 e. The Bertz CT molecular complexity index is 372. The lowest BCUT2D eigenvalue weighted by atomic mass is 10.0. The van der Waals surface area contributed by atoms with E-state index in [0.29, 0.717) is 6.54 Å². The van der Waals surface area contributed by atoms with Crippen LogP contribution in [0.4, 0.5) is 0 Å². The van der Waals surface area contributed by atoms with Crippen LogP contribution in [0.15, 0.2) is 24.3 Å². The van der Waals surface area contributed by atoms with Crippen LogP contribution in [0.25, 0.3) is 0 Å². The predicted molar refractivity (Wildman–Crippen MR) is 74.8 cm³/mol. The van der Waals surface area contributed by atoms with Gasteiger partial charge in [0.2, 0.25) is 0 Å². The number of nitrogens with two attached hydrogens (primary N) is 1. The first kappa shape index (κ1) is 13.8. The van der Waals surface area contributed by atoms with Crippen molar-refractivity contribution in [1.29, 1.82) is 0 Å². The topological polar surface area (TPSA) is 38.5 Å². The van der Waals surface area contributed by atoms with Gasteiger partial charge in [-0.3, -0.25) is 4.90 Å².